The summed E-state index contributed by atoms with van der Waals surface area (Å²) in [4.78, 5) is 11.7. The number of quaternary nitrogens is 1. The third-order valence-electron chi connectivity index (χ3n) is 2.40. The summed E-state index contributed by atoms with van der Waals surface area (Å²) in [6.45, 7) is 4.39. The van der Waals surface area contributed by atoms with Gasteiger partial charge >= 0.3 is 0 Å². The van der Waals surface area contributed by atoms with Crippen LogP contribution in [0.4, 0.5) is 0 Å². The summed E-state index contributed by atoms with van der Waals surface area (Å²) in [7, 11) is 0. The van der Waals surface area contributed by atoms with Gasteiger partial charge in [-0.15, -0.1) is 0 Å². The predicted molar refractivity (Wildman–Crippen MR) is 76.0 cm³/mol. The Bertz CT molecular complexity index is 388. The molecule has 0 bridgehead atoms. The van der Waals surface area contributed by atoms with Crippen molar-refractivity contribution in [2.45, 2.75) is 36.8 Å². The first-order valence-corrected chi connectivity index (χ1v) is 7.14. The van der Waals surface area contributed by atoms with Crippen molar-refractivity contribution in [3.05, 3.63) is 24.2 Å². The van der Waals surface area contributed by atoms with E-state index in [0.29, 0.717) is 13.0 Å². The molecule has 0 radical (unpaired) electrons. The highest BCUT2D eigenvalue weighted by Gasteiger charge is 2.37. The van der Waals surface area contributed by atoms with Gasteiger partial charge in [0.2, 0.25) is 12.1 Å². The van der Waals surface area contributed by atoms with Gasteiger partial charge in [-0.2, -0.15) is 0 Å². The maximum atomic E-state index is 11.7. The molecule has 1 rings (SSSR count). The molecule has 1 aromatic heterocycles. The number of halogens is 3. The van der Waals surface area contributed by atoms with E-state index in [0.717, 1.165) is 5.76 Å². The van der Waals surface area contributed by atoms with E-state index in [1.807, 2.05) is 19.9 Å². The number of nitrogens with one attached hydrogen (secondary N) is 1. The van der Waals surface area contributed by atoms with Gasteiger partial charge in [0.25, 0.3) is 3.79 Å². The smallest absolute Gasteiger partial charge is 0.262 e. The first kappa shape index (κ1) is 16.6. The van der Waals surface area contributed by atoms with Crippen LogP contribution < -0.4 is 10.6 Å². The van der Waals surface area contributed by atoms with Gasteiger partial charge in [-0.05, 0) is 18.1 Å². The van der Waals surface area contributed by atoms with Crippen LogP contribution in [0.5, 0.6) is 0 Å². The Hall–Kier alpha value is -0.420. The fraction of sp³-hybridized carbons (Fsp3) is 0.583. The van der Waals surface area contributed by atoms with Gasteiger partial charge in [-0.25, -0.2) is 0 Å². The lowest BCUT2D eigenvalue weighted by Crippen LogP contribution is -2.95. The lowest BCUT2D eigenvalue weighted by atomic mass is 10.1. The Labute approximate surface area is 127 Å². The summed E-state index contributed by atoms with van der Waals surface area (Å²) in [5.74, 6) is 0.862. The number of hydrogen-bond acceptors (Lipinski definition) is 2. The zero-order valence-corrected chi connectivity index (χ0v) is 13.1. The van der Waals surface area contributed by atoms with Crippen LogP contribution >= 0.6 is 34.8 Å². The highest BCUT2D eigenvalue weighted by Crippen LogP contribution is 2.27. The van der Waals surface area contributed by atoms with Gasteiger partial charge in [0.05, 0.1) is 6.26 Å². The molecule has 0 aliphatic carbocycles. The SMILES string of the molecule is CC(C)CC(=O)N[C@H]([NH2+]Cc1ccco1)C(Cl)(Cl)Cl. The van der Waals surface area contributed by atoms with E-state index >= 15 is 0 Å². The minimum Gasteiger partial charge on any atom is -0.463 e. The second-order valence-corrected chi connectivity index (χ2v) is 7.07. The topological polar surface area (TPSA) is 58.9 Å². The lowest BCUT2D eigenvalue weighted by Gasteiger charge is -2.23. The number of carbonyl (C=O) groups excluding carboxylic acids is 1. The molecule has 1 amide bonds. The third-order valence-corrected chi connectivity index (χ3v) is 3.10. The molecular weight excluding hydrogens is 311 g/mol. The molecule has 1 atom stereocenters. The highest BCUT2D eigenvalue weighted by atomic mass is 35.6. The van der Waals surface area contributed by atoms with Crippen molar-refractivity contribution in [2.75, 3.05) is 0 Å². The fourth-order valence-electron chi connectivity index (χ4n) is 1.54. The summed E-state index contributed by atoms with van der Waals surface area (Å²) in [6, 6.07) is 3.60. The second-order valence-electron chi connectivity index (χ2n) is 4.70. The van der Waals surface area contributed by atoms with Crippen LogP contribution in [0.2, 0.25) is 0 Å². The number of carbonyl (C=O) groups is 1. The van der Waals surface area contributed by atoms with Crippen LogP contribution in [0.1, 0.15) is 26.0 Å². The Morgan fingerprint density at radius 3 is 2.63 bits per heavy atom. The van der Waals surface area contributed by atoms with E-state index in [-0.39, 0.29) is 11.8 Å². The molecule has 0 fully saturated rings. The molecule has 1 aromatic rings. The number of alkyl halides is 3. The summed E-state index contributed by atoms with van der Waals surface area (Å²) in [5.41, 5.74) is 0. The van der Waals surface area contributed by atoms with Gasteiger partial charge in [0, 0.05) is 6.42 Å². The fourth-order valence-corrected chi connectivity index (χ4v) is 1.97. The number of rotatable bonds is 6. The van der Waals surface area contributed by atoms with Crippen molar-refractivity contribution < 1.29 is 14.5 Å². The summed E-state index contributed by atoms with van der Waals surface area (Å²) in [6.07, 6.45) is 1.31. The van der Waals surface area contributed by atoms with Gasteiger partial charge in [-0.3, -0.25) is 4.79 Å². The molecule has 3 N–H and O–H groups in total. The average molecular weight is 329 g/mol. The molecule has 7 heteroatoms. The highest BCUT2D eigenvalue weighted by molar-refractivity contribution is 6.68. The molecule has 0 aliphatic heterocycles. The van der Waals surface area contributed by atoms with E-state index in [2.05, 4.69) is 5.32 Å². The summed E-state index contributed by atoms with van der Waals surface area (Å²) in [5, 5.41) is 4.44. The number of amides is 1. The van der Waals surface area contributed by atoms with Crippen LogP contribution in [0.25, 0.3) is 0 Å². The van der Waals surface area contributed by atoms with E-state index in [9.17, 15) is 4.79 Å². The first-order chi connectivity index (χ1) is 8.79. The zero-order chi connectivity index (χ0) is 14.5. The molecule has 0 saturated heterocycles. The average Bonchev–Trinajstić information content (AvgIpc) is 2.74. The van der Waals surface area contributed by atoms with Crippen molar-refractivity contribution in [2.24, 2.45) is 5.92 Å². The van der Waals surface area contributed by atoms with Crippen molar-refractivity contribution in [3.63, 3.8) is 0 Å². The van der Waals surface area contributed by atoms with E-state index < -0.39 is 9.96 Å². The summed E-state index contributed by atoms with van der Waals surface area (Å²) >= 11 is 17.6. The number of furan rings is 1. The van der Waals surface area contributed by atoms with Crippen molar-refractivity contribution in [3.8, 4) is 0 Å². The van der Waals surface area contributed by atoms with Crippen LogP contribution in [0.3, 0.4) is 0 Å². The maximum absolute atomic E-state index is 11.7. The Kier molecular flexibility index (Phi) is 6.47. The van der Waals surface area contributed by atoms with Gasteiger partial charge in [-0.1, -0.05) is 48.7 Å². The van der Waals surface area contributed by atoms with E-state index in [4.69, 9.17) is 39.2 Å². The lowest BCUT2D eigenvalue weighted by molar-refractivity contribution is -0.708. The normalized spacial score (nSPS) is 13.6. The van der Waals surface area contributed by atoms with Crippen molar-refractivity contribution in [1.82, 2.24) is 5.32 Å². The third kappa shape index (κ3) is 6.52. The largest absolute Gasteiger partial charge is 0.463 e. The minimum atomic E-state index is -1.58. The van der Waals surface area contributed by atoms with Crippen molar-refractivity contribution >= 4 is 40.7 Å². The number of nitrogens with two attached hydrogens (primary N) is 1. The molecule has 108 valence electrons. The van der Waals surface area contributed by atoms with Crippen LogP contribution in [-0.2, 0) is 11.3 Å². The van der Waals surface area contributed by atoms with Crippen molar-refractivity contribution in [1.29, 1.82) is 0 Å². The molecule has 1 heterocycles. The Balaban J connectivity index is 2.55. The minimum absolute atomic E-state index is 0.137. The van der Waals surface area contributed by atoms with E-state index in [1.54, 1.807) is 17.6 Å². The van der Waals surface area contributed by atoms with Gasteiger partial charge in [0.15, 0.2) is 5.76 Å². The standard InChI is InChI=1S/C12H17Cl3N2O2/c1-8(2)6-10(18)17-11(12(13,14)15)16-7-9-4-3-5-19-9/h3-5,8,11,16H,6-7H2,1-2H3,(H,17,18)/p+1/t11-/m0/s1. The molecule has 0 unspecified atom stereocenters. The van der Waals surface area contributed by atoms with Crippen LogP contribution in [0, 0.1) is 5.92 Å². The quantitative estimate of drug-likeness (QED) is 0.621. The van der Waals surface area contributed by atoms with Gasteiger partial charge < -0.3 is 15.1 Å². The molecule has 0 aliphatic rings. The molecule has 0 saturated carbocycles. The Morgan fingerprint density at radius 2 is 2.16 bits per heavy atom. The second kappa shape index (κ2) is 7.39. The van der Waals surface area contributed by atoms with Gasteiger partial charge in [0.1, 0.15) is 6.54 Å². The molecule has 4 nitrogen and oxygen atoms in total. The number of hydrogen-bond donors (Lipinski definition) is 2. The first-order valence-electron chi connectivity index (χ1n) is 6.01. The van der Waals surface area contributed by atoms with Crippen LogP contribution in [-0.4, -0.2) is 15.9 Å². The molecule has 19 heavy (non-hydrogen) atoms. The monoisotopic (exact) mass is 327 g/mol. The molecule has 0 spiro atoms. The maximum Gasteiger partial charge on any atom is 0.262 e. The summed E-state index contributed by atoms with van der Waals surface area (Å²) < 4.78 is 3.61. The molecule has 0 aromatic carbocycles. The molecular formula is C12H18Cl3N2O2+. The van der Waals surface area contributed by atoms with E-state index in [1.165, 1.54) is 0 Å². The Morgan fingerprint density at radius 1 is 1.47 bits per heavy atom. The zero-order valence-electron chi connectivity index (χ0n) is 10.8. The van der Waals surface area contributed by atoms with Crippen LogP contribution in [0.15, 0.2) is 22.8 Å². The predicted octanol–water partition coefficient (Wildman–Crippen LogP) is 2.20.